The van der Waals surface area contributed by atoms with Gasteiger partial charge in [-0.15, -0.1) is 0 Å². The van der Waals surface area contributed by atoms with E-state index in [1.165, 1.54) is 0 Å². The highest BCUT2D eigenvalue weighted by atomic mass is 35.5. The molecule has 1 aromatic heterocycles. The van der Waals surface area contributed by atoms with Gasteiger partial charge in [0.2, 0.25) is 0 Å². The van der Waals surface area contributed by atoms with Crippen LogP contribution in [0.15, 0.2) is 78.9 Å². The first-order valence-corrected chi connectivity index (χ1v) is 13.1. The zero-order valence-corrected chi connectivity index (χ0v) is 22.7. The molecule has 5 rings (SSSR count). The maximum atomic E-state index is 13.8. The summed E-state index contributed by atoms with van der Waals surface area (Å²) in [6.07, 6.45) is 0. The highest BCUT2D eigenvalue weighted by Crippen LogP contribution is 2.32. The van der Waals surface area contributed by atoms with Crippen LogP contribution in [0.25, 0.3) is 16.9 Å². The van der Waals surface area contributed by atoms with Crippen LogP contribution in [0.2, 0.25) is 10.0 Å². The molecule has 0 spiro atoms. The summed E-state index contributed by atoms with van der Waals surface area (Å²) in [5.74, 6) is 0.565. The van der Waals surface area contributed by atoms with E-state index in [0.29, 0.717) is 47.4 Å². The van der Waals surface area contributed by atoms with Gasteiger partial charge in [-0.3, -0.25) is 9.59 Å². The van der Waals surface area contributed by atoms with Crippen molar-refractivity contribution in [1.29, 1.82) is 0 Å². The molecule has 4 aromatic rings. The molecule has 1 fully saturated rings. The number of hydrogen-bond donors (Lipinski definition) is 0. The topological polar surface area (TPSA) is 54.8 Å². The Balaban J connectivity index is 1.41. The Morgan fingerprint density at radius 3 is 2.11 bits per heavy atom. The molecular weight excluding hydrogens is 521 g/mol. The summed E-state index contributed by atoms with van der Waals surface area (Å²) in [4.78, 5) is 30.3. The van der Waals surface area contributed by atoms with Crippen molar-refractivity contribution in [3.8, 4) is 22.7 Å². The van der Waals surface area contributed by atoms with E-state index in [1.54, 1.807) is 30.2 Å². The number of methoxy groups -OCH3 is 1. The molecule has 38 heavy (non-hydrogen) atoms. The number of carbonyl (C=O) groups excluding carboxylic acids is 2. The number of rotatable bonds is 5. The van der Waals surface area contributed by atoms with Crippen LogP contribution in [0.5, 0.6) is 5.75 Å². The number of aromatic nitrogens is 1. The van der Waals surface area contributed by atoms with Crippen LogP contribution in [0.1, 0.15) is 26.4 Å². The highest BCUT2D eigenvalue weighted by molar-refractivity contribution is 6.42. The second-order valence-corrected chi connectivity index (χ2v) is 9.96. The van der Waals surface area contributed by atoms with Gasteiger partial charge < -0.3 is 19.1 Å². The minimum absolute atomic E-state index is 0.0528. The van der Waals surface area contributed by atoms with Gasteiger partial charge in [0.15, 0.2) is 0 Å². The minimum atomic E-state index is -0.123. The number of halogens is 2. The number of hydrogen-bond acceptors (Lipinski definition) is 3. The van der Waals surface area contributed by atoms with Crippen molar-refractivity contribution in [3.63, 3.8) is 0 Å². The summed E-state index contributed by atoms with van der Waals surface area (Å²) in [5, 5.41) is 0.751. The average Bonchev–Trinajstić information content (AvgIpc) is 3.31. The number of nitrogens with zero attached hydrogens (tertiary/aromatic N) is 3. The lowest BCUT2D eigenvalue weighted by molar-refractivity contribution is 0.0535. The van der Waals surface area contributed by atoms with E-state index in [-0.39, 0.29) is 11.8 Å². The Hall–Kier alpha value is -3.74. The Morgan fingerprint density at radius 2 is 1.45 bits per heavy atom. The molecule has 2 heterocycles. The molecular formula is C30H27Cl2N3O3. The molecule has 0 saturated carbocycles. The molecule has 3 aromatic carbocycles. The molecule has 1 aliphatic heterocycles. The summed E-state index contributed by atoms with van der Waals surface area (Å²) < 4.78 is 7.54. The van der Waals surface area contributed by atoms with Crippen LogP contribution in [-0.4, -0.2) is 59.5 Å². The molecule has 1 aliphatic rings. The molecule has 8 heteroatoms. The van der Waals surface area contributed by atoms with Crippen LogP contribution < -0.4 is 4.74 Å². The lowest BCUT2D eigenvalue weighted by atomic mass is 10.1. The van der Waals surface area contributed by atoms with Gasteiger partial charge in [-0.2, -0.15) is 0 Å². The standard InChI is InChI=1S/C30H27Cl2N3O3/c1-20-25(19-28(21-7-4-3-5-8-21)35(20)23-9-6-10-24(18-23)38-2)30(37)34-15-13-33(14-16-34)29(36)22-11-12-26(31)27(32)17-22/h3-12,17-19H,13-16H2,1-2H3. The second kappa shape index (κ2) is 10.9. The van der Waals surface area contributed by atoms with Gasteiger partial charge in [0.25, 0.3) is 11.8 Å². The van der Waals surface area contributed by atoms with Gasteiger partial charge in [-0.05, 0) is 48.9 Å². The maximum Gasteiger partial charge on any atom is 0.255 e. The number of piperazine rings is 1. The molecule has 194 valence electrons. The molecule has 6 nitrogen and oxygen atoms in total. The van der Waals surface area contributed by atoms with Crippen LogP contribution in [0.3, 0.4) is 0 Å². The van der Waals surface area contributed by atoms with E-state index < -0.39 is 0 Å². The predicted octanol–water partition coefficient (Wildman–Crippen LogP) is 6.37. The van der Waals surface area contributed by atoms with E-state index in [4.69, 9.17) is 27.9 Å². The molecule has 0 radical (unpaired) electrons. The third kappa shape index (κ3) is 5.02. The van der Waals surface area contributed by atoms with E-state index in [2.05, 4.69) is 4.57 Å². The molecule has 0 aliphatic carbocycles. The normalized spacial score (nSPS) is 13.5. The Labute approximate surface area is 231 Å². The van der Waals surface area contributed by atoms with Gasteiger partial charge in [-0.25, -0.2) is 0 Å². The van der Waals surface area contributed by atoms with Crippen molar-refractivity contribution < 1.29 is 14.3 Å². The number of amides is 2. The lowest BCUT2D eigenvalue weighted by Gasteiger charge is -2.35. The molecule has 0 atom stereocenters. The number of benzene rings is 3. The van der Waals surface area contributed by atoms with Crippen molar-refractivity contribution in [2.75, 3.05) is 33.3 Å². The predicted molar refractivity (Wildman–Crippen MR) is 151 cm³/mol. The summed E-state index contributed by atoms with van der Waals surface area (Å²) in [5.41, 5.74) is 4.81. The van der Waals surface area contributed by atoms with Crippen LogP contribution >= 0.6 is 23.2 Å². The van der Waals surface area contributed by atoms with Crippen molar-refractivity contribution in [2.45, 2.75) is 6.92 Å². The van der Waals surface area contributed by atoms with Gasteiger partial charge >= 0.3 is 0 Å². The summed E-state index contributed by atoms with van der Waals surface area (Å²) in [7, 11) is 1.64. The molecule has 2 amide bonds. The van der Waals surface area contributed by atoms with E-state index in [0.717, 1.165) is 28.4 Å². The minimum Gasteiger partial charge on any atom is -0.497 e. The average molecular weight is 548 g/mol. The van der Waals surface area contributed by atoms with Gasteiger partial charge in [0.1, 0.15) is 5.75 Å². The molecule has 0 N–H and O–H groups in total. The zero-order chi connectivity index (χ0) is 26.8. The maximum absolute atomic E-state index is 13.8. The summed E-state index contributed by atoms with van der Waals surface area (Å²) >= 11 is 12.1. The third-order valence-corrected chi connectivity index (χ3v) is 7.62. The fourth-order valence-electron chi connectivity index (χ4n) is 4.82. The van der Waals surface area contributed by atoms with Crippen LogP contribution in [0, 0.1) is 6.92 Å². The smallest absolute Gasteiger partial charge is 0.255 e. The number of ether oxygens (including phenoxy) is 1. The van der Waals surface area contributed by atoms with Gasteiger partial charge in [0, 0.05) is 49.2 Å². The fourth-order valence-corrected chi connectivity index (χ4v) is 5.12. The molecule has 0 bridgehead atoms. The summed E-state index contributed by atoms with van der Waals surface area (Å²) in [6, 6.07) is 24.6. The first-order valence-electron chi connectivity index (χ1n) is 12.3. The second-order valence-electron chi connectivity index (χ2n) is 9.14. The Bertz CT molecular complexity index is 1490. The Morgan fingerprint density at radius 1 is 0.763 bits per heavy atom. The van der Waals surface area contributed by atoms with Crippen LogP contribution in [-0.2, 0) is 0 Å². The van der Waals surface area contributed by atoms with Gasteiger partial charge in [-0.1, -0.05) is 59.6 Å². The fraction of sp³-hybridized carbons (Fsp3) is 0.200. The van der Waals surface area contributed by atoms with Crippen molar-refractivity contribution in [1.82, 2.24) is 14.4 Å². The summed E-state index contributed by atoms with van der Waals surface area (Å²) in [6.45, 7) is 3.72. The Kier molecular flexibility index (Phi) is 7.45. The first kappa shape index (κ1) is 25.9. The third-order valence-electron chi connectivity index (χ3n) is 6.88. The van der Waals surface area contributed by atoms with E-state index in [1.807, 2.05) is 72.5 Å². The molecule has 1 saturated heterocycles. The highest BCUT2D eigenvalue weighted by Gasteiger charge is 2.28. The number of carbonyl (C=O) groups is 2. The van der Waals surface area contributed by atoms with Crippen molar-refractivity contribution >= 4 is 35.0 Å². The van der Waals surface area contributed by atoms with Crippen LogP contribution in [0.4, 0.5) is 0 Å². The van der Waals surface area contributed by atoms with Crippen molar-refractivity contribution in [3.05, 3.63) is 106 Å². The molecule has 0 unspecified atom stereocenters. The van der Waals surface area contributed by atoms with E-state index in [9.17, 15) is 9.59 Å². The quantitative estimate of drug-likeness (QED) is 0.292. The van der Waals surface area contributed by atoms with Crippen molar-refractivity contribution in [2.24, 2.45) is 0 Å². The first-order chi connectivity index (χ1) is 18.4. The SMILES string of the molecule is COc1cccc(-n2c(-c3ccccc3)cc(C(=O)N3CCN(C(=O)c4ccc(Cl)c(Cl)c4)CC3)c2C)c1. The lowest BCUT2D eigenvalue weighted by Crippen LogP contribution is -2.50. The van der Waals surface area contributed by atoms with Gasteiger partial charge in [0.05, 0.1) is 28.4 Å². The zero-order valence-electron chi connectivity index (χ0n) is 21.2. The van der Waals surface area contributed by atoms with E-state index >= 15 is 0 Å². The monoisotopic (exact) mass is 547 g/mol. The largest absolute Gasteiger partial charge is 0.497 e.